The lowest BCUT2D eigenvalue weighted by Crippen LogP contribution is -2.76. The first-order chi connectivity index (χ1) is 6.05. The number of hydrogen-bond donors (Lipinski definition) is 4. The van der Waals surface area contributed by atoms with Crippen LogP contribution in [0.3, 0.4) is 0 Å². The Morgan fingerprint density at radius 3 is 1.86 bits per heavy atom. The van der Waals surface area contributed by atoms with Crippen LogP contribution in [0.1, 0.15) is 27.7 Å². The summed E-state index contributed by atoms with van der Waals surface area (Å²) < 4.78 is 4.95. The van der Waals surface area contributed by atoms with Crippen LogP contribution in [0.25, 0.3) is 0 Å². The van der Waals surface area contributed by atoms with Crippen LogP contribution in [0.5, 0.6) is 0 Å². The lowest BCUT2D eigenvalue weighted by atomic mass is 9.69. The van der Waals surface area contributed by atoms with E-state index in [4.69, 9.17) is 4.74 Å². The first kappa shape index (κ1) is 11.9. The molecule has 0 unspecified atom stereocenters. The summed E-state index contributed by atoms with van der Waals surface area (Å²) in [4.78, 5) is 0. The minimum Gasteiger partial charge on any atom is -0.384 e. The van der Waals surface area contributed by atoms with Gasteiger partial charge in [0.15, 0.2) is 6.29 Å². The fraction of sp³-hybridized carbons (Fsp3) is 1.00. The second-order valence-corrected chi connectivity index (χ2v) is 4.50. The third-order valence-corrected chi connectivity index (χ3v) is 3.58. The lowest BCUT2D eigenvalue weighted by Gasteiger charge is -2.55. The number of rotatable bonds is 0. The van der Waals surface area contributed by atoms with Gasteiger partial charge in [-0.05, 0) is 27.7 Å². The van der Waals surface area contributed by atoms with Gasteiger partial charge in [0, 0.05) is 0 Å². The van der Waals surface area contributed by atoms with E-state index in [0.717, 1.165) is 0 Å². The Balaban J connectivity index is 3.17. The minimum absolute atomic E-state index is 0.771. The standard InChI is InChI=1S/C9H18O5/c1-5-7(2,11)9(4,13)8(3,12)6(10)14-5/h5-6,10-13H,1-4H3/t5-,6+,7+,8-,9+/m0/s1. The molecule has 4 N–H and O–H groups in total. The summed E-state index contributed by atoms with van der Waals surface area (Å²) in [6.07, 6.45) is -2.29. The van der Waals surface area contributed by atoms with E-state index in [9.17, 15) is 20.4 Å². The minimum atomic E-state index is -1.91. The number of aliphatic hydroxyl groups excluding tert-OH is 1. The van der Waals surface area contributed by atoms with Crippen molar-refractivity contribution in [3.63, 3.8) is 0 Å². The van der Waals surface area contributed by atoms with Gasteiger partial charge in [-0.25, -0.2) is 0 Å². The molecule has 0 bridgehead atoms. The first-order valence-corrected chi connectivity index (χ1v) is 4.56. The van der Waals surface area contributed by atoms with Crippen LogP contribution < -0.4 is 0 Å². The van der Waals surface area contributed by atoms with Crippen molar-refractivity contribution >= 4 is 0 Å². The van der Waals surface area contributed by atoms with Crippen LogP contribution in [0.15, 0.2) is 0 Å². The van der Waals surface area contributed by atoms with Gasteiger partial charge in [-0.3, -0.25) is 0 Å². The number of hydrogen-bond acceptors (Lipinski definition) is 5. The molecule has 0 radical (unpaired) electrons. The Morgan fingerprint density at radius 2 is 1.43 bits per heavy atom. The van der Waals surface area contributed by atoms with Gasteiger partial charge in [0.05, 0.1) is 6.10 Å². The number of ether oxygens (including phenoxy) is 1. The highest BCUT2D eigenvalue weighted by molar-refractivity contribution is 5.12. The summed E-state index contributed by atoms with van der Waals surface area (Å²) in [6, 6.07) is 0. The Morgan fingerprint density at radius 1 is 1.00 bits per heavy atom. The molecule has 5 nitrogen and oxygen atoms in total. The van der Waals surface area contributed by atoms with Gasteiger partial charge in [0.1, 0.15) is 16.8 Å². The molecule has 1 aliphatic heterocycles. The van der Waals surface area contributed by atoms with Crippen molar-refractivity contribution in [1.29, 1.82) is 0 Å². The topological polar surface area (TPSA) is 90.2 Å². The maximum atomic E-state index is 10.0. The molecule has 0 saturated carbocycles. The normalized spacial score (nSPS) is 60.0. The summed E-state index contributed by atoms with van der Waals surface area (Å²) in [5.41, 5.74) is -5.39. The molecular formula is C9H18O5. The van der Waals surface area contributed by atoms with E-state index >= 15 is 0 Å². The predicted molar refractivity (Wildman–Crippen MR) is 48.4 cm³/mol. The van der Waals surface area contributed by atoms with Gasteiger partial charge >= 0.3 is 0 Å². The Kier molecular flexibility index (Phi) is 2.46. The molecule has 0 aromatic carbocycles. The van der Waals surface area contributed by atoms with Crippen molar-refractivity contribution in [3.8, 4) is 0 Å². The molecule has 1 fully saturated rings. The molecule has 1 rings (SSSR count). The highest BCUT2D eigenvalue weighted by Gasteiger charge is 2.64. The van der Waals surface area contributed by atoms with Crippen molar-refractivity contribution in [2.45, 2.75) is 56.9 Å². The molecule has 14 heavy (non-hydrogen) atoms. The van der Waals surface area contributed by atoms with E-state index in [1.807, 2.05) is 0 Å². The van der Waals surface area contributed by atoms with Crippen LogP contribution in [0.4, 0.5) is 0 Å². The van der Waals surface area contributed by atoms with Gasteiger partial charge in [-0.15, -0.1) is 0 Å². The highest BCUT2D eigenvalue weighted by Crippen LogP contribution is 2.42. The third kappa shape index (κ3) is 1.20. The van der Waals surface area contributed by atoms with Gasteiger partial charge in [0.2, 0.25) is 0 Å². The molecule has 0 aromatic rings. The van der Waals surface area contributed by atoms with E-state index in [0.29, 0.717) is 0 Å². The zero-order chi connectivity index (χ0) is 11.4. The van der Waals surface area contributed by atoms with Gasteiger partial charge in [0.25, 0.3) is 0 Å². The quantitative estimate of drug-likeness (QED) is 0.407. The first-order valence-electron chi connectivity index (χ1n) is 4.56. The Hall–Kier alpha value is -0.200. The Labute approximate surface area is 82.9 Å². The molecule has 84 valence electrons. The van der Waals surface area contributed by atoms with Crippen LogP contribution in [0, 0.1) is 0 Å². The second-order valence-electron chi connectivity index (χ2n) is 4.50. The zero-order valence-electron chi connectivity index (χ0n) is 8.85. The maximum absolute atomic E-state index is 10.0. The van der Waals surface area contributed by atoms with E-state index in [-0.39, 0.29) is 0 Å². The summed E-state index contributed by atoms with van der Waals surface area (Å²) in [5, 5.41) is 39.3. The molecule has 0 amide bonds. The third-order valence-electron chi connectivity index (χ3n) is 3.58. The molecule has 0 aliphatic carbocycles. The summed E-state index contributed by atoms with van der Waals surface area (Å²) >= 11 is 0. The number of aliphatic hydroxyl groups is 4. The van der Waals surface area contributed by atoms with E-state index in [2.05, 4.69) is 0 Å². The van der Waals surface area contributed by atoms with Crippen molar-refractivity contribution in [2.24, 2.45) is 0 Å². The summed E-state index contributed by atoms with van der Waals surface area (Å²) in [7, 11) is 0. The van der Waals surface area contributed by atoms with E-state index < -0.39 is 29.2 Å². The molecule has 1 heterocycles. The average molecular weight is 206 g/mol. The van der Waals surface area contributed by atoms with Crippen molar-refractivity contribution in [1.82, 2.24) is 0 Å². The highest BCUT2D eigenvalue weighted by atomic mass is 16.6. The van der Waals surface area contributed by atoms with E-state index in [1.165, 1.54) is 27.7 Å². The predicted octanol–water partition coefficient (Wildman–Crippen LogP) is -1.02. The lowest BCUT2D eigenvalue weighted by molar-refractivity contribution is -0.376. The molecule has 5 atom stereocenters. The molecule has 5 heteroatoms. The molecule has 0 aromatic heterocycles. The van der Waals surface area contributed by atoms with Crippen LogP contribution >= 0.6 is 0 Å². The van der Waals surface area contributed by atoms with Crippen molar-refractivity contribution in [2.75, 3.05) is 0 Å². The monoisotopic (exact) mass is 206 g/mol. The van der Waals surface area contributed by atoms with Crippen molar-refractivity contribution in [3.05, 3.63) is 0 Å². The van der Waals surface area contributed by atoms with Gasteiger partial charge < -0.3 is 25.2 Å². The summed E-state index contributed by atoms with van der Waals surface area (Å²) in [6.45, 7) is 5.37. The second kappa shape index (κ2) is 2.90. The fourth-order valence-corrected chi connectivity index (χ4v) is 1.61. The smallest absolute Gasteiger partial charge is 0.186 e. The Bertz CT molecular complexity index is 211. The van der Waals surface area contributed by atoms with Crippen molar-refractivity contribution < 1.29 is 25.2 Å². The van der Waals surface area contributed by atoms with Gasteiger partial charge in [-0.2, -0.15) is 0 Å². The van der Waals surface area contributed by atoms with Gasteiger partial charge in [-0.1, -0.05) is 0 Å². The molecular weight excluding hydrogens is 188 g/mol. The largest absolute Gasteiger partial charge is 0.384 e. The average Bonchev–Trinajstić information content (AvgIpc) is 2.01. The fourth-order valence-electron chi connectivity index (χ4n) is 1.61. The van der Waals surface area contributed by atoms with Crippen LogP contribution in [0.2, 0.25) is 0 Å². The van der Waals surface area contributed by atoms with E-state index in [1.54, 1.807) is 0 Å². The maximum Gasteiger partial charge on any atom is 0.186 e. The SMILES string of the molecule is C[C@@H]1O[C@@H](O)[C@](C)(O)[C@](C)(O)[C@]1(C)O. The zero-order valence-corrected chi connectivity index (χ0v) is 8.85. The summed E-state index contributed by atoms with van der Waals surface area (Å²) in [5.74, 6) is 0. The molecule has 0 spiro atoms. The van der Waals surface area contributed by atoms with Crippen LogP contribution in [-0.2, 0) is 4.74 Å². The molecule has 1 saturated heterocycles. The van der Waals surface area contributed by atoms with Crippen LogP contribution in [-0.4, -0.2) is 49.6 Å². The molecule has 1 aliphatic rings.